The van der Waals surface area contributed by atoms with E-state index in [0.717, 1.165) is 30.6 Å². The maximum Gasteiger partial charge on any atom is 0.325 e. The molecule has 1 heterocycles. The topological polar surface area (TPSA) is 116 Å². The average Bonchev–Trinajstić information content (AvgIpc) is 3.23. The number of carbonyl (C=O) groups is 4. The summed E-state index contributed by atoms with van der Waals surface area (Å²) in [7, 11) is 0. The lowest BCUT2D eigenvalue weighted by molar-refractivity contribution is -0.139. The van der Waals surface area contributed by atoms with Gasteiger partial charge in [0.25, 0.3) is 5.91 Å². The maximum absolute atomic E-state index is 13.1. The molecule has 3 rings (SSSR count). The Kier molecular flexibility index (Phi) is 5.43. The van der Waals surface area contributed by atoms with Crippen LogP contribution >= 0.6 is 0 Å². The molecule has 8 heteroatoms. The van der Waals surface area contributed by atoms with Crippen molar-refractivity contribution in [1.82, 2.24) is 15.5 Å². The number of carboxylic acid groups (broad SMARTS) is 1. The molecular weight excluding hydrogens is 350 g/mol. The van der Waals surface area contributed by atoms with Crippen LogP contribution in [0.15, 0.2) is 30.3 Å². The van der Waals surface area contributed by atoms with Gasteiger partial charge in [-0.2, -0.15) is 0 Å². The summed E-state index contributed by atoms with van der Waals surface area (Å²) >= 11 is 0. The summed E-state index contributed by atoms with van der Waals surface area (Å²) in [4.78, 5) is 49.8. The SMILES string of the molecule is O=C(O)CCC1(c2ccccc2)NC(=O)N(CC(=O)NC2CCCC2)C1=O. The van der Waals surface area contributed by atoms with Gasteiger partial charge in [-0.25, -0.2) is 4.79 Å². The van der Waals surface area contributed by atoms with Gasteiger partial charge in [0.2, 0.25) is 5.91 Å². The van der Waals surface area contributed by atoms with Crippen LogP contribution in [-0.4, -0.2) is 46.4 Å². The van der Waals surface area contributed by atoms with Crippen molar-refractivity contribution in [3.63, 3.8) is 0 Å². The molecule has 4 amide bonds. The van der Waals surface area contributed by atoms with E-state index in [4.69, 9.17) is 5.11 Å². The molecule has 1 aliphatic carbocycles. The first-order valence-corrected chi connectivity index (χ1v) is 9.13. The number of imide groups is 1. The van der Waals surface area contributed by atoms with E-state index in [0.29, 0.717) is 5.56 Å². The molecule has 1 aliphatic heterocycles. The van der Waals surface area contributed by atoms with Crippen molar-refractivity contribution in [1.29, 1.82) is 0 Å². The number of amides is 4. The van der Waals surface area contributed by atoms with Crippen LogP contribution in [0.1, 0.15) is 44.1 Å². The van der Waals surface area contributed by atoms with Crippen LogP contribution in [0.5, 0.6) is 0 Å². The summed E-state index contributed by atoms with van der Waals surface area (Å²) < 4.78 is 0. The number of benzene rings is 1. The number of nitrogens with zero attached hydrogens (tertiary/aromatic N) is 1. The minimum Gasteiger partial charge on any atom is -0.481 e. The largest absolute Gasteiger partial charge is 0.481 e. The van der Waals surface area contributed by atoms with E-state index >= 15 is 0 Å². The second kappa shape index (κ2) is 7.77. The number of hydrogen-bond donors (Lipinski definition) is 3. The van der Waals surface area contributed by atoms with Gasteiger partial charge < -0.3 is 15.7 Å². The highest BCUT2D eigenvalue weighted by Gasteiger charge is 2.52. The van der Waals surface area contributed by atoms with Crippen molar-refractivity contribution >= 4 is 23.8 Å². The van der Waals surface area contributed by atoms with Gasteiger partial charge in [-0.3, -0.25) is 19.3 Å². The molecule has 1 atom stereocenters. The molecule has 0 radical (unpaired) electrons. The second-order valence-electron chi connectivity index (χ2n) is 7.04. The van der Waals surface area contributed by atoms with Crippen molar-refractivity contribution in [2.75, 3.05) is 6.54 Å². The molecule has 1 unspecified atom stereocenters. The average molecular weight is 373 g/mol. The van der Waals surface area contributed by atoms with Crippen LogP contribution in [0.25, 0.3) is 0 Å². The predicted octanol–water partition coefficient (Wildman–Crippen LogP) is 1.36. The van der Waals surface area contributed by atoms with E-state index in [1.807, 2.05) is 0 Å². The highest BCUT2D eigenvalue weighted by atomic mass is 16.4. The summed E-state index contributed by atoms with van der Waals surface area (Å²) in [5, 5.41) is 14.5. The summed E-state index contributed by atoms with van der Waals surface area (Å²) in [5.74, 6) is -2.04. The van der Waals surface area contributed by atoms with Crippen molar-refractivity contribution in [2.24, 2.45) is 0 Å². The van der Waals surface area contributed by atoms with Crippen molar-refractivity contribution < 1.29 is 24.3 Å². The monoisotopic (exact) mass is 373 g/mol. The highest BCUT2D eigenvalue weighted by molar-refractivity contribution is 6.09. The maximum atomic E-state index is 13.1. The van der Waals surface area contributed by atoms with Crippen LogP contribution in [-0.2, 0) is 19.9 Å². The zero-order valence-corrected chi connectivity index (χ0v) is 14.9. The van der Waals surface area contributed by atoms with E-state index in [9.17, 15) is 19.2 Å². The Balaban J connectivity index is 1.79. The molecular formula is C19H23N3O5. The molecule has 1 aromatic carbocycles. The Labute approximate surface area is 156 Å². The molecule has 0 spiro atoms. The van der Waals surface area contributed by atoms with Crippen LogP contribution in [0.3, 0.4) is 0 Å². The fourth-order valence-electron chi connectivity index (χ4n) is 3.78. The lowest BCUT2D eigenvalue weighted by Crippen LogP contribution is -2.46. The lowest BCUT2D eigenvalue weighted by atomic mass is 9.85. The number of rotatable bonds is 7. The third-order valence-electron chi connectivity index (χ3n) is 5.18. The van der Waals surface area contributed by atoms with Crippen molar-refractivity contribution in [2.45, 2.75) is 50.1 Å². The summed E-state index contributed by atoms with van der Waals surface area (Å²) in [6, 6.07) is 7.94. The second-order valence-corrected chi connectivity index (χ2v) is 7.04. The normalized spacial score (nSPS) is 22.7. The number of hydrogen-bond acceptors (Lipinski definition) is 4. The van der Waals surface area contributed by atoms with Gasteiger partial charge in [-0.15, -0.1) is 0 Å². The third kappa shape index (κ3) is 3.94. The number of aliphatic carboxylic acids is 1. The van der Waals surface area contributed by atoms with Gasteiger partial charge in [0, 0.05) is 12.5 Å². The van der Waals surface area contributed by atoms with Crippen LogP contribution in [0.4, 0.5) is 4.79 Å². The molecule has 1 saturated heterocycles. The highest BCUT2D eigenvalue weighted by Crippen LogP contribution is 2.33. The third-order valence-corrected chi connectivity index (χ3v) is 5.18. The van der Waals surface area contributed by atoms with Gasteiger partial charge in [0.05, 0.1) is 0 Å². The fourth-order valence-corrected chi connectivity index (χ4v) is 3.78. The van der Waals surface area contributed by atoms with Gasteiger partial charge in [-0.1, -0.05) is 43.2 Å². The Morgan fingerprint density at radius 3 is 2.48 bits per heavy atom. The van der Waals surface area contributed by atoms with Crippen molar-refractivity contribution in [3.05, 3.63) is 35.9 Å². The standard InChI is InChI=1S/C19H23N3O5/c23-15(20-14-8-4-5-9-14)12-22-17(26)19(21-18(22)27,11-10-16(24)25)13-6-2-1-3-7-13/h1-3,6-7,14H,4-5,8-12H2,(H,20,23)(H,21,27)(H,24,25). The van der Waals surface area contributed by atoms with Gasteiger partial charge in [0.15, 0.2) is 0 Å². The number of carbonyl (C=O) groups excluding carboxylic acids is 3. The van der Waals surface area contributed by atoms with Crippen LogP contribution < -0.4 is 10.6 Å². The zero-order valence-electron chi connectivity index (χ0n) is 14.9. The first-order valence-electron chi connectivity index (χ1n) is 9.13. The van der Waals surface area contributed by atoms with Gasteiger partial charge in [-0.05, 0) is 24.8 Å². The first-order chi connectivity index (χ1) is 12.9. The van der Waals surface area contributed by atoms with Gasteiger partial charge in [0.1, 0.15) is 12.1 Å². The Bertz CT molecular complexity index is 745. The summed E-state index contributed by atoms with van der Waals surface area (Å²) in [6.07, 6.45) is 3.54. The number of carboxylic acids is 1. The molecule has 3 N–H and O–H groups in total. The van der Waals surface area contributed by atoms with Crippen LogP contribution in [0.2, 0.25) is 0 Å². The smallest absolute Gasteiger partial charge is 0.325 e. The van der Waals surface area contributed by atoms with E-state index in [1.165, 1.54) is 0 Å². The molecule has 144 valence electrons. The molecule has 1 saturated carbocycles. The van der Waals surface area contributed by atoms with E-state index in [2.05, 4.69) is 10.6 Å². The van der Waals surface area contributed by atoms with E-state index in [-0.39, 0.29) is 31.3 Å². The quantitative estimate of drug-likeness (QED) is 0.624. The number of nitrogens with one attached hydrogen (secondary N) is 2. The summed E-state index contributed by atoms with van der Waals surface area (Å²) in [5.41, 5.74) is -0.965. The lowest BCUT2D eigenvalue weighted by Gasteiger charge is -2.26. The zero-order chi connectivity index (χ0) is 19.4. The Morgan fingerprint density at radius 2 is 1.85 bits per heavy atom. The number of urea groups is 1. The van der Waals surface area contributed by atoms with E-state index < -0.39 is 23.4 Å². The molecule has 27 heavy (non-hydrogen) atoms. The van der Waals surface area contributed by atoms with E-state index in [1.54, 1.807) is 30.3 Å². The molecule has 2 fully saturated rings. The Hall–Kier alpha value is -2.90. The molecule has 0 aromatic heterocycles. The molecule has 2 aliphatic rings. The van der Waals surface area contributed by atoms with Gasteiger partial charge >= 0.3 is 12.0 Å². The fraction of sp³-hybridized carbons (Fsp3) is 0.474. The minimum absolute atomic E-state index is 0.0857. The molecule has 1 aromatic rings. The van der Waals surface area contributed by atoms with Crippen molar-refractivity contribution in [3.8, 4) is 0 Å². The Morgan fingerprint density at radius 1 is 1.19 bits per heavy atom. The molecule has 0 bridgehead atoms. The molecule has 8 nitrogen and oxygen atoms in total. The summed E-state index contributed by atoms with van der Waals surface area (Å²) in [6.45, 7) is -0.372. The first kappa shape index (κ1) is 18.9. The predicted molar refractivity (Wildman–Crippen MR) is 95.6 cm³/mol. The van der Waals surface area contributed by atoms with Crippen LogP contribution in [0, 0.1) is 0 Å². The minimum atomic E-state index is -1.47.